The van der Waals surface area contributed by atoms with Gasteiger partial charge in [-0.1, -0.05) is 20.3 Å². The Morgan fingerprint density at radius 1 is 1.06 bits per heavy atom. The van der Waals surface area contributed by atoms with Crippen LogP contribution in [0.2, 0.25) is 0 Å². The van der Waals surface area contributed by atoms with Crippen LogP contribution >= 0.6 is 0 Å². The number of nitrogens with zero attached hydrogens (tertiary/aromatic N) is 1. The maximum atomic E-state index is 3.51. The second-order valence-corrected chi connectivity index (χ2v) is 4.99. The van der Waals surface area contributed by atoms with Gasteiger partial charge >= 0.3 is 0 Å². The van der Waals surface area contributed by atoms with Crippen LogP contribution in [0.25, 0.3) is 0 Å². The fourth-order valence-electron chi connectivity index (χ4n) is 2.27. The lowest BCUT2D eigenvalue weighted by Gasteiger charge is -2.21. The summed E-state index contributed by atoms with van der Waals surface area (Å²) in [6, 6.07) is 8.79. The standard InChI is InChI=1S/C16H28N2/c1-5-8-14(4)13-17-15-9-11-16(12-10-15)18(6-2)7-3/h9-12,14,17H,5-8,13H2,1-4H3. The zero-order chi connectivity index (χ0) is 13.4. The summed E-state index contributed by atoms with van der Waals surface area (Å²) in [5.41, 5.74) is 2.54. The van der Waals surface area contributed by atoms with Crippen molar-refractivity contribution in [3.8, 4) is 0 Å². The van der Waals surface area contributed by atoms with Crippen LogP contribution < -0.4 is 10.2 Å². The first-order valence-corrected chi connectivity index (χ1v) is 7.30. The lowest BCUT2D eigenvalue weighted by molar-refractivity contribution is 0.551. The maximum absolute atomic E-state index is 3.51. The Morgan fingerprint density at radius 3 is 2.17 bits per heavy atom. The Kier molecular flexibility index (Phi) is 6.63. The monoisotopic (exact) mass is 248 g/mol. The summed E-state index contributed by atoms with van der Waals surface area (Å²) < 4.78 is 0. The molecule has 0 aliphatic heterocycles. The van der Waals surface area contributed by atoms with Crippen molar-refractivity contribution in [1.29, 1.82) is 0 Å². The van der Waals surface area contributed by atoms with Gasteiger partial charge in [-0.2, -0.15) is 0 Å². The van der Waals surface area contributed by atoms with Crippen LogP contribution in [0, 0.1) is 5.92 Å². The molecular formula is C16H28N2. The van der Waals surface area contributed by atoms with Gasteiger partial charge in [0.25, 0.3) is 0 Å². The van der Waals surface area contributed by atoms with E-state index in [0.717, 1.165) is 25.6 Å². The van der Waals surface area contributed by atoms with E-state index in [1.807, 2.05) is 0 Å². The summed E-state index contributed by atoms with van der Waals surface area (Å²) in [7, 11) is 0. The van der Waals surface area contributed by atoms with Gasteiger partial charge in [0.15, 0.2) is 0 Å². The van der Waals surface area contributed by atoms with Crippen LogP contribution in [0.5, 0.6) is 0 Å². The van der Waals surface area contributed by atoms with Crippen LogP contribution in [-0.4, -0.2) is 19.6 Å². The number of nitrogens with one attached hydrogen (secondary N) is 1. The predicted molar refractivity (Wildman–Crippen MR) is 82.6 cm³/mol. The normalized spacial score (nSPS) is 12.2. The van der Waals surface area contributed by atoms with E-state index >= 15 is 0 Å². The zero-order valence-electron chi connectivity index (χ0n) is 12.4. The molecule has 0 saturated carbocycles. The highest BCUT2D eigenvalue weighted by Crippen LogP contribution is 2.18. The van der Waals surface area contributed by atoms with Crippen LogP contribution in [0.15, 0.2) is 24.3 Å². The molecule has 2 nitrogen and oxygen atoms in total. The van der Waals surface area contributed by atoms with Crippen molar-refractivity contribution in [3.05, 3.63) is 24.3 Å². The Bertz CT molecular complexity index is 314. The predicted octanol–water partition coefficient (Wildman–Crippen LogP) is 4.38. The third-order valence-electron chi connectivity index (χ3n) is 3.43. The topological polar surface area (TPSA) is 15.3 Å². The number of benzene rings is 1. The summed E-state index contributed by atoms with van der Waals surface area (Å²) in [5.74, 6) is 0.748. The Morgan fingerprint density at radius 2 is 1.67 bits per heavy atom. The van der Waals surface area contributed by atoms with Gasteiger partial charge < -0.3 is 10.2 Å². The molecule has 102 valence electrons. The van der Waals surface area contributed by atoms with E-state index in [-0.39, 0.29) is 0 Å². The Balaban J connectivity index is 2.49. The molecule has 0 amide bonds. The zero-order valence-corrected chi connectivity index (χ0v) is 12.4. The van der Waals surface area contributed by atoms with Gasteiger partial charge in [0.05, 0.1) is 0 Å². The maximum Gasteiger partial charge on any atom is 0.0367 e. The molecule has 0 heterocycles. The highest BCUT2D eigenvalue weighted by atomic mass is 15.1. The molecule has 0 aliphatic rings. The van der Waals surface area contributed by atoms with Crippen molar-refractivity contribution >= 4 is 11.4 Å². The molecule has 2 heteroatoms. The third-order valence-corrected chi connectivity index (χ3v) is 3.43. The van der Waals surface area contributed by atoms with Crippen molar-refractivity contribution in [3.63, 3.8) is 0 Å². The van der Waals surface area contributed by atoms with Crippen molar-refractivity contribution in [2.24, 2.45) is 5.92 Å². The van der Waals surface area contributed by atoms with Crippen molar-refractivity contribution < 1.29 is 0 Å². The summed E-state index contributed by atoms with van der Waals surface area (Å²) in [5, 5.41) is 3.51. The number of rotatable bonds is 8. The summed E-state index contributed by atoms with van der Waals surface area (Å²) >= 11 is 0. The first-order chi connectivity index (χ1) is 8.71. The molecule has 0 spiro atoms. The van der Waals surface area contributed by atoms with Gasteiger partial charge in [-0.3, -0.25) is 0 Å². The fourth-order valence-corrected chi connectivity index (χ4v) is 2.27. The molecule has 1 N–H and O–H groups in total. The number of hydrogen-bond donors (Lipinski definition) is 1. The van der Waals surface area contributed by atoms with Crippen molar-refractivity contribution in [1.82, 2.24) is 0 Å². The van der Waals surface area contributed by atoms with E-state index in [2.05, 4.69) is 62.2 Å². The minimum absolute atomic E-state index is 0.748. The molecule has 0 saturated heterocycles. The summed E-state index contributed by atoms with van der Waals surface area (Å²) in [6.07, 6.45) is 2.56. The molecule has 0 aromatic heterocycles. The van der Waals surface area contributed by atoms with E-state index in [9.17, 15) is 0 Å². The van der Waals surface area contributed by atoms with E-state index in [4.69, 9.17) is 0 Å². The molecule has 1 aromatic rings. The molecule has 0 bridgehead atoms. The largest absolute Gasteiger partial charge is 0.385 e. The van der Waals surface area contributed by atoms with Crippen LogP contribution in [-0.2, 0) is 0 Å². The number of hydrogen-bond acceptors (Lipinski definition) is 2. The average Bonchev–Trinajstić information content (AvgIpc) is 2.39. The average molecular weight is 248 g/mol. The highest BCUT2D eigenvalue weighted by molar-refractivity contribution is 5.55. The van der Waals surface area contributed by atoms with Gasteiger partial charge in [-0.25, -0.2) is 0 Å². The van der Waals surface area contributed by atoms with Gasteiger partial charge in [0.1, 0.15) is 0 Å². The van der Waals surface area contributed by atoms with E-state index in [1.54, 1.807) is 0 Å². The van der Waals surface area contributed by atoms with Crippen molar-refractivity contribution in [2.45, 2.75) is 40.5 Å². The first-order valence-electron chi connectivity index (χ1n) is 7.30. The lowest BCUT2D eigenvalue weighted by Crippen LogP contribution is -2.21. The Labute approximate surface area is 112 Å². The Hall–Kier alpha value is -1.18. The molecule has 0 fully saturated rings. The minimum atomic E-state index is 0.748. The summed E-state index contributed by atoms with van der Waals surface area (Å²) in [4.78, 5) is 2.36. The first kappa shape index (κ1) is 14.9. The fraction of sp³-hybridized carbons (Fsp3) is 0.625. The molecule has 0 aliphatic carbocycles. The smallest absolute Gasteiger partial charge is 0.0367 e. The van der Waals surface area contributed by atoms with Crippen molar-refractivity contribution in [2.75, 3.05) is 29.9 Å². The highest BCUT2D eigenvalue weighted by Gasteiger charge is 2.03. The minimum Gasteiger partial charge on any atom is -0.385 e. The lowest BCUT2D eigenvalue weighted by atomic mass is 10.1. The van der Waals surface area contributed by atoms with Gasteiger partial charge in [-0.05, 0) is 50.5 Å². The van der Waals surface area contributed by atoms with Crippen LogP contribution in [0.4, 0.5) is 11.4 Å². The van der Waals surface area contributed by atoms with Gasteiger partial charge in [0, 0.05) is 31.0 Å². The molecule has 0 radical (unpaired) electrons. The number of anilines is 2. The van der Waals surface area contributed by atoms with E-state index in [1.165, 1.54) is 24.2 Å². The van der Waals surface area contributed by atoms with E-state index < -0.39 is 0 Å². The van der Waals surface area contributed by atoms with E-state index in [0.29, 0.717) is 0 Å². The second kappa shape index (κ2) is 8.02. The van der Waals surface area contributed by atoms with Gasteiger partial charge in [-0.15, -0.1) is 0 Å². The van der Waals surface area contributed by atoms with Crippen LogP contribution in [0.1, 0.15) is 40.5 Å². The molecule has 18 heavy (non-hydrogen) atoms. The summed E-state index contributed by atoms with van der Waals surface area (Å²) in [6.45, 7) is 12.1. The van der Waals surface area contributed by atoms with Gasteiger partial charge in [0.2, 0.25) is 0 Å². The second-order valence-electron chi connectivity index (χ2n) is 4.99. The third kappa shape index (κ3) is 4.59. The molecular weight excluding hydrogens is 220 g/mol. The molecule has 1 aromatic carbocycles. The molecule has 1 atom stereocenters. The molecule has 1 rings (SSSR count). The quantitative estimate of drug-likeness (QED) is 0.734. The SMILES string of the molecule is CCCC(C)CNc1ccc(N(CC)CC)cc1. The van der Waals surface area contributed by atoms with Crippen LogP contribution in [0.3, 0.4) is 0 Å². The molecule has 1 unspecified atom stereocenters.